The predicted molar refractivity (Wildman–Crippen MR) is 99.9 cm³/mol. The van der Waals surface area contributed by atoms with E-state index in [-0.39, 0.29) is 24.5 Å². The van der Waals surface area contributed by atoms with Crippen molar-refractivity contribution in [1.29, 1.82) is 0 Å². The van der Waals surface area contributed by atoms with E-state index in [9.17, 15) is 24.5 Å². The third-order valence-electron chi connectivity index (χ3n) is 3.45. The van der Waals surface area contributed by atoms with Gasteiger partial charge in [-0.1, -0.05) is 18.2 Å². The molecule has 164 valence electrons. The zero-order chi connectivity index (χ0) is 22.8. The van der Waals surface area contributed by atoms with Crippen molar-refractivity contribution >= 4 is 18.1 Å². The lowest BCUT2D eigenvalue weighted by atomic mass is 10.2. The van der Waals surface area contributed by atoms with Crippen molar-refractivity contribution in [3.8, 4) is 5.75 Å². The molecule has 0 spiro atoms. The second-order valence-electron chi connectivity index (χ2n) is 5.88. The molecule has 0 saturated heterocycles. The number of hydrogen-bond donors (Lipinski definition) is 0. The second kappa shape index (κ2) is 11.1. The Morgan fingerprint density at radius 2 is 1.84 bits per heavy atom. The van der Waals surface area contributed by atoms with Crippen LogP contribution in [0, 0.1) is 10.1 Å². The molecule has 1 heterocycles. The Hall–Kier alpha value is -4.22. The zero-order valence-corrected chi connectivity index (χ0v) is 16.5. The fourth-order valence-electron chi connectivity index (χ4n) is 2.18. The van der Waals surface area contributed by atoms with E-state index in [0.29, 0.717) is 11.3 Å². The lowest BCUT2D eigenvalue weighted by molar-refractivity contribution is -0.777. The second-order valence-corrected chi connectivity index (χ2v) is 5.88. The van der Waals surface area contributed by atoms with E-state index in [0.717, 1.165) is 6.92 Å². The Morgan fingerprint density at radius 3 is 2.48 bits per heavy atom. The molecule has 0 aliphatic heterocycles. The van der Waals surface area contributed by atoms with Crippen LogP contribution in [0.4, 0.5) is 4.79 Å². The van der Waals surface area contributed by atoms with Crippen LogP contribution in [-0.4, -0.2) is 34.5 Å². The van der Waals surface area contributed by atoms with Gasteiger partial charge in [0, 0.05) is 18.7 Å². The summed E-state index contributed by atoms with van der Waals surface area (Å²) in [6.45, 7) is 2.03. The third kappa shape index (κ3) is 7.97. The van der Waals surface area contributed by atoms with Gasteiger partial charge in [-0.3, -0.25) is 14.6 Å². The fourth-order valence-corrected chi connectivity index (χ4v) is 2.18. The Labute approximate surface area is 175 Å². The van der Waals surface area contributed by atoms with Crippen LogP contribution in [0.1, 0.15) is 35.5 Å². The van der Waals surface area contributed by atoms with Gasteiger partial charge in [-0.2, -0.15) is 0 Å². The average molecular weight is 434 g/mol. The summed E-state index contributed by atoms with van der Waals surface area (Å²) < 4.78 is 19.5. The van der Waals surface area contributed by atoms with Crippen LogP contribution < -0.4 is 4.74 Å². The molecule has 0 aliphatic rings. The molecule has 0 saturated carbocycles. The first-order chi connectivity index (χ1) is 14.7. The average Bonchev–Trinajstić information content (AvgIpc) is 2.70. The number of ether oxygens (including phenoxy) is 4. The van der Waals surface area contributed by atoms with Crippen LogP contribution >= 0.6 is 0 Å². The van der Waals surface area contributed by atoms with Crippen molar-refractivity contribution in [1.82, 2.24) is 4.98 Å². The Kier molecular flexibility index (Phi) is 8.25. The maximum absolute atomic E-state index is 12.3. The van der Waals surface area contributed by atoms with Gasteiger partial charge in [0.15, 0.2) is 0 Å². The van der Waals surface area contributed by atoms with E-state index < -0.39 is 29.5 Å². The Balaban J connectivity index is 1.84. The molecule has 2 aromatic rings. The monoisotopic (exact) mass is 434 g/mol. The van der Waals surface area contributed by atoms with Gasteiger partial charge in [0.05, 0.1) is 5.69 Å². The van der Waals surface area contributed by atoms with Gasteiger partial charge >= 0.3 is 18.1 Å². The van der Waals surface area contributed by atoms with Gasteiger partial charge in [0.25, 0.3) is 5.09 Å². The molecule has 2 rings (SSSR count). The molecular formula is C19H18N2O10. The number of carbonyl (C=O) groups is 3. The smallest absolute Gasteiger partial charge is 0.455 e. The molecule has 0 fully saturated rings. The van der Waals surface area contributed by atoms with Crippen molar-refractivity contribution in [2.24, 2.45) is 0 Å². The summed E-state index contributed by atoms with van der Waals surface area (Å²) in [4.78, 5) is 53.0. The minimum atomic E-state index is -1.41. The molecule has 0 N–H and O–H groups in total. The van der Waals surface area contributed by atoms with Crippen LogP contribution in [0.5, 0.6) is 5.75 Å². The lowest BCUT2D eigenvalue weighted by Crippen LogP contribution is -2.21. The number of nitrogens with zero attached hydrogens (tertiary/aromatic N) is 2. The van der Waals surface area contributed by atoms with Crippen molar-refractivity contribution in [2.75, 3.05) is 0 Å². The Bertz CT molecular complexity index is 945. The topological polar surface area (TPSA) is 153 Å². The number of rotatable bonds is 9. The predicted octanol–water partition coefficient (Wildman–Crippen LogP) is 2.57. The third-order valence-corrected chi connectivity index (χ3v) is 3.45. The van der Waals surface area contributed by atoms with Gasteiger partial charge in [-0.05, 0) is 25.1 Å². The fraction of sp³-hybridized carbons (Fsp3) is 0.263. The van der Waals surface area contributed by atoms with Crippen molar-refractivity contribution in [2.45, 2.75) is 33.4 Å². The summed E-state index contributed by atoms with van der Waals surface area (Å²) >= 11 is 0. The van der Waals surface area contributed by atoms with E-state index in [1.165, 1.54) is 25.3 Å². The number of carbonyl (C=O) groups excluding carboxylic acids is 3. The molecule has 1 aromatic carbocycles. The summed E-state index contributed by atoms with van der Waals surface area (Å²) in [5.74, 6) is -1.17. The standard InChI is InChI=1S/C19H18N2O10/c1-12(22)29-17-6-4-3-5-16(17)18(23)27-11-15-8-7-14(9-20-15)10-28-19(24)30-13(2)31-21(25)26/h3-9,13H,10-11H2,1-2H3. The minimum absolute atomic E-state index is 0.0882. The quantitative estimate of drug-likeness (QED) is 0.188. The highest BCUT2D eigenvalue weighted by Gasteiger charge is 2.16. The maximum atomic E-state index is 12.3. The van der Waals surface area contributed by atoms with Gasteiger partial charge in [0.1, 0.15) is 24.5 Å². The number of esters is 2. The molecule has 0 aliphatic carbocycles. The summed E-state index contributed by atoms with van der Waals surface area (Å²) in [7, 11) is 0. The molecule has 1 unspecified atom stereocenters. The van der Waals surface area contributed by atoms with Crippen LogP contribution in [0.2, 0.25) is 0 Å². The Morgan fingerprint density at radius 1 is 1.10 bits per heavy atom. The zero-order valence-electron chi connectivity index (χ0n) is 16.5. The van der Waals surface area contributed by atoms with E-state index >= 15 is 0 Å². The number of aromatic nitrogens is 1. The molecule has 0 radical (unpaired) electrons. The summed E-state index contributed by atoms with van der Waals surface area (Å²) in [6, 6.07) is 9.28. The highest BCUT2D eigenvalue weighted by atomic mass is 17.0. The first kappa shape index (κ1) is 23.1. The normalized spacial score (nSPS) is 11.0. The summed E-state index contributed by atoms with van der Waals surface area (Å²) in [5.41, 5.74) is 1.00. The lowest BCUT2D eigenvalue weighted by Gasteiger charge is -2.11. The molecule has 31 heavy (non-hydrogen) atoms. The molecular weight excluding hydrogens is 416 g/mol. The highest BCUT2D eigenvalue weighted by molar-refractivity contribution is 5.93. The van der Waals surface area contributed by atoms with Crippen LogP contribution in [0.15, 0.2) is 42.6 Å². The molecule has 1 atom stereocenters. The minimum Gasteiger partial charge on any atom is -0.455 e. The SMILES string of the molecule is CC(=O)Oc1ccccc1C(=O)OCc1ccc(COC(=O)OC(C)O[N+](=O)[O-])cn1. The summed E-state index contributed by atoms with van der Waals surface area (Å²) in [6.07, 6.45) is -1.18. The molecule has 1 aromatic heterocycles. The van der Waals surface area contributed by atoms with Crippen molar-refractivity contribution < 1.29 is 43.3 Å². The van der Waals surface area contributed by atoms with Gasteiger partial charge in [0.2, 0.25) is 6.29 Å². The molecule has 12 heteroatoms. The molecule has 0 amide bonds. The maximum Gasteiger partial charge on any atom is 0.510 e. The van der Waals surface area contributed by atoms with Gasteiger partial charge < -0.3 is 18.9 Å². The van der Waals surface area contributed by atoms with Crippen molar-refractivity contribution in [3.05, 3.63) is 69.5 Å². The molecule has 0 bridgehead atoms. The van der Waals surface area contributed by atoms with Gasteiger partial charge in [-0.15, -0.1) is 10.1 Å². The van der Waals surface area contributed by atoms with Crippen LogP contribution in [-0.2, 0) is 37.1 Å². The number of pyridine rings is 1. The summed E-state index contributed by atoms with van der Waals surface area (Å²) in [5, 5.41) is 9.03. The number of hydrogen-bond acceptors (Lipinski definition) is 11. The first-order valence-electron chi connectivity index (χ1n) is 8.77. The number of benzene rings is 1. The van der Waals surface area contributed by atoms with E-state index in [1.807, 2.05) is 0 Å². The van der Waals surface area contributed by atoms with Crippen molar-refractivity contribution in [3.63, 3.8) is 0 Å². The first-order valence-corrected chi connectivity index (χ1v) is 8.77. The van der Waals surface area contributed by atoms with Crippen LogP contribution in [0.25, 0.3) is 0 Å². The molecule has 12 nitrogen and oxygen atoms in total. The highest BCUT2D eigenvalue weighted by Crippen LogP contribution is 2.19. The largest absolute Gasteiger partial charge is 0.510 e. The number of para-hydroxylation sites is 1. The van der Waals surface area contributed by atoms with Gasteiger partial charge in [-0.25, -0.2) is 9.59 Å². The van der Waals surface area contributed by atoms with E-state index in [4.69, 9.17) is 14.2 Å². The van der Waals surface area contributed by atoms with E-state index in [1.54, 1.807) is 24.3 Å². The van der Waals surface area contributed by atoms with Crippen LogP contribution in [0.3, 0.4) is 0 Å². The van der Waals surface area contributed by atoms with E-state index in [2.05, 4.69) is 14.6 Å².